The van der Waals surface area contributed by atoms with E-state index < -0.39 is 0 Å². The van der Waals surface area contributed by atoms with Crippen LogP contribution in [0.4, 0.5) is 10.5 Å². The van der Waals surface area contributed by atoms with E-state index in [1.165, 1.54) is 5.56 Å². The topological polar surface area (TPSA) is 73.4 Å². The van der Waals surface area contributed by atoms with Crippen LogP contribution in [-0.2, 0) is 0 Å². The Bertz CT molecular complexity index is 536. The predicted molar refractivity (Wildman–Crippen MR) is 98.1 cm³/mol. The standard InChI is InChI=1S/C19H31N3O2/c1-13(23)11-19(3,4)12-20-14(2)15-5-7-16(8-6-15)21-18(24)22-17-9-10-17/h5-8,13-14,17,20,23H,9-12H2,1-4H3,(H2,21,22,24). The first kappa shape index (κ1) is 18.7. The summed E-state index contributed by atoms with van der Waals surface area (Å²) in [7, 11) is 0. The van der Waals surface area contributed by atoms with E-state index in [1.54, 1.807) is 0 Å². The van der Waals surface area contributed by atoms with Crippen molar-refractivity contribution in [2.24, 2.45) is 5.41 Å². The Morgan fingerprint density at radius 1 is 1.25 bits per heavy atom. The summed E-state index contributed by atoms with van der Waals surface area (Å²) >= 11 is 0. The summed E-state index contributed by atoms with van der Waals surface area (Å²) in [6.45, 7) is 9.11. The molecule has 1 saturated carbocycles. The van der Waals surface area contributed by atoms with Gasteiger partial charge in [-0.25, -0.2) is 4.79 Å². The smallest absolute Gasteiger partial charge is 0.319 e. The van der Waals surface area contributed by atoms with Crippen molar-refractivity contribution in [2.75, 3.05) is 11.9 Å². The minimum Gasteiger partial charge on any atom is -0.393 e. The van der Waals surface area contributed by atoms with Crippen LogP contribution in [0.2, 0.25) is 0 Å². The molecule has 0 aliphatic heterocycles. The fraction of sp³-hybridized carbons (Fsp3) is 0.632. The van der Waals surface area contributed by atoms with Crippen LogP contribution in [0, 0.1) is 5.41 Å². The zero-order chi connectivity index (χ0) is 17.7. The normalized spacial score (nSPS) is 17.2. The van der Waals surface area contributed by atoms with E-state index in [4.69, 9.17) is 0 Å². The van der Waals surface area contributed by atoms with Crippen molar-refractivity contribution in [1.82, 2.24) is 10.6 Å². The van der Waals surface area contributed by atoms with Gasteiger partial charge in [-0.3, -0.25) is 0 Å². The van der Waals surface area contributed by atoms with Crippen molar-refractivity contribution in [1.29, 1.82) is 0 Å². The SMILES string of the molecule is CC(O)CC(C)(C)CNC(C)c1ccc(NC(=O)NC2CC2)cc1. The first-order valence-electron chi connectivity index (χ1n) is 8.84. The molecule has 0 saturated heterocycles. The third-order valence-electron chi connectivity index (χ3n) is 4.32. The lowest BCUT2D eigenvalue weighted by molar-refractivity contribution is 0.127. The molecule has 2 rings (SSSR count). The highest BCUT2D eigenvalue weighted by atomic mass is 16.3. The van der Waals surface area contributed by atoms with Crippen LogP contribution in [0.25, 0.3) is 0 Å². The molecule has 5 nitrogen and oxygen atoms in total. The number of amides is 2. The summed E-state index contributed by atoms with van der Waals surface area (Å²) in [5.74, 6) is 0. The highest BCUT2D eigenvalue weighted by Gasteiger charge is 2.23. The van der Waals surface area contributed by atoms with Crippen LogP contribution >= 0.6 is 0 Å². The lowest BCUT2D eigenvalue weighted by atomic mass is 9.86. The molecule has 24 heavy (non-hydrogen) atoms. The molecule has 1 aliphatic rings. The summed E-state index contributed by atoms with van der Waals surface area (Å²) in [5.41, 5.74) is 2.03. The molecule has 0 radical (unpaired) electrons. The Labute approximate surface area is 145 Å². The van der Waals surface area contributed by atoms with Gasteiger partial charge in [-0.05, 0) is 56.2 Å². The summed E-state index contributed by atoms with van der Waals surface area (Å²) in [6.07, 6.45) is 2.65. The number of benzene rings is 1. The van der Waals surface area contributed by atoms with Gasteiger partial charge in [-0.15, -0.1) is 0 Å². The molecule has 1 aromatic rings. The van der Waals surface area contributed by atoms with Crippen LogP contribution < -0.4 is 16.0 Å². The Kier molecular flexibility index (Phi) is 6.24. The minimum absolute atomic E-state index is 0.0465. The Morgan fingerprint density at radius 2 is 1.88 bits per heavy atom. The second kappa shape index (κ2) is 7.99. The zero-order valence-corrected chi connectivity index (χ0v) is 15.2. The number of nitrogens with one attached hydrogen (secondary N) is 3. The molecule has 0 aromatic heterocycles. The van der Waals surface area contributed by atoms with Crippen LogP contribution in [-0.4, -0.2) is 29.8 Å². The van der Waals surface area contributed by atoms with E-state index in [0.29, 0.717) is 6.04 Å². The average Bonchev–Trinajstić information content (AvgIpc) is 3.28. The second-order valence-electron chi connectivity index (χ2n) is 7.81. The largest absolute Gasteiger partial charge is 0.393 e. The highest BCUT2D eigenvalue weighted by Crippen LogP contribution is 2.24. The maximum absolute atomic E-state index is 11.7. The molecule has 2 atom stereocenters. The summed E-state index contributed by atoms with van der Waals surface area (Å²) in [6, 6.07) is 8.38. The predicted octanol–water partition coefficient (Wildman–Crippen LogP) is 3.42. The first-order valence-corrected chi connectivity index (χ1v) is 8.84. The van der Waals surface area contributed by atoms with Crippen molar-refractivity contribution >= 4 is 11.7 Å². The minimum atomic E-state index is -0.288. The molecular weight excluding hydrogens is 302 g/mol. The van der Waals surface area contributed by atoms with Crippen molar-refractivity contribution in [3.63, 3.8) is 0 Å². The molecule has 134 valence electrons. The maximum atomic E-state index is 11.7. The lowest BCUT2D eigenvalue weighted by Crippen LogP contribution is -2.33. The van der Waals surface area contributed by atoms with Gasteiger partial charge in [0.2, 0.25) is 0 Å². The number of hydrogen-bond acceptors (Lipinski definition) is 3. The van der Waals surface area contributed by atoms with E-state index in [0.717, 1.165) is 31.5 Å². The Balaban J connectivity index is 1.81. The van der Waals surface area contributed by atoms with Gasteiger partial charge in [0.1, 0.15) is 0 Å². The van der Waals surface area contributed by atoms with Gasteiger partial charge in [0.15, 0.2) is 0 Å². The van der Waals surface area contributed by atoms with Crippen molar-refractivity contribution in [3.8, 4) is 0 Å². The molecule has 1 aliphatic carbocycles. The van der Waals surface area contributed by atoms with E-state index in [1.807, 2.05) is 31.2 Å². The molecule has 0 heterocycles. The summed E-state index contributed by atoms with van der Waals surface area (Å²) in [4.78, 5) is 11.7. The number of carbonyl (C=O) groups excluding carboxylic acids is 1. The molecular formula is C19H31N3O2. The first-order chi connectivity index (χ1) is 11.2. The van der Waals surface area contributed by atoms with Gasteiger partial charge >= 0.3 is 6.03 Å². The maximum Gasteiger partial charge on any atom is 0.319 e. The average molecular weight is 333 g/mol. The number of rotatable bonds is 8. The Morgan fingerprint density at radius 3 is 2.42 bits per heavy atom. The third kappa shape index (κ3) is 6.49. The Hall–Kier alpha value is -1.59. The lowest BCUT2D eigenvalue weighted by Gasteiger charge is -2.28. The van der Waals surface area contributed by atoms with E-state index >= 15 is 0 Å². The highest BCUT2D eigenvalue weighted by molar-refractivity contribution is 5.89. The molecule has 4 N–H and O–H groups in total. The van der Waals surface area contributed by atoms with Gasteiger partial charge in [-0.2, -0.15) is 0 Å². The van der Waals surface area contributed by atoms with E-state index in [2.05, 4.69) is 36.7 Å². The van der Waals surface area contributed by atoms with E-state index in [-0.39, 0.29) is 23.6 Å². The van der Waals surface area contributed by atoms with Crippen molar-refractivity contribution in [2.45, 2.75) is 65.1 Å². The van der Waals surface area contributed by atoms with Gasteiger partial charge < -0.3 is 21.1 Å². The third-order valence-corrected chi connectivity index (χ3v) is 4.32. The molecule has 5 heteroatoms. The fourth-order valence-corrected chi connectivity index (χ4v) is 2.85. The second-order valence-corrected chi connectivity index (χ2v) is 7.81. The quantitative estimate of drug-likeness (QED) is 0.589. The molecule has 2 unspecified atom stereocenters. The van der Waals surface area contributed by atoms with Gasteiger partial charge in [0.25, 0.3) is 0 Å². The summed E-state index contributed by atoms with van der Waals surface area (Å²) < 4.78 is 0. The van der Waals surface area contributed by atoms with Crippen molar-refractivity contribution in [3.05, 3.63) is 29.8 Å². The molecule has 1 fully saturated rings. The van der Waals surface area contributed by atoms with Gasteiger partial charge in [0.05, 0.1) is 6.10 Å². The zero-order valence-electron chi connectivity index (χ0n) is 15.2. The molecule has 2 amide bonds. The number of anilines is 1. The summed E-state index contributed by atoms with van der Waals surface area (Å²) in [5, 5.41) is 18.9. The number of aliphatic hydroxyl groups excluding tert-OH is 1. The van der Waals surface area contributed by atoms with Crippen LogP contribution in [0.1, 0.15) is 58.6 Å². The van der Waals surface area contributed by atoms with Crippen LogP contribution in [0.15, 0.2) is 24.3 Å². The van der Waals surface area contributed by atoms with Crippen LogP contribution in [0.5, 0.6) is 0 Å². The van der Waals surface area contributed by atoms with Crippen LogP contribution in [0.3, 0.4) is 0 Å². The number of aliphatic hydroxyl groups is 1. The van der Waals surface area contributed by atoms with E-state index in [9.17, 15) is 9.90 Å². The molecule has 1 aromatic carbocycles. The van der Waals surface area contributed by atoms with Crippen molar-refractivity contribution < 1.29 is 9.90 Å². The van der Waals surface area contributed by atoms with Gasteiger partial charge in [-0.1, -0.05) is 26.0 Å². The number of carbonyl (C=O) groups is 1. The monoisotopic (exact) mass is 333 g/mol. The number of urea groups is 1. The number of hydrogen-bond donors (Lipinski definition) is 4. The molecule has 0 bridgehead atoms. The van der Waals surface area contributed by atoms with Gasteiger partial charge in [0, 0.05) is 24.3 Å². The fourth-order valence-electron chi connectivity index (χ4n) is 2.85. The molecule has 0 spiro atoms.